The summed E-state index contributed by atoms with van der Waals surface area (Å²) in [5.41, 5.74) is 0.479. The summed E-state index contributed by atoms with van der Waals surface area (Å²) in [6.07, 6.45) is -0.725. The van der Waals surface area contributed by atoms with Crippen molar-refractivity contribution < 1.29 is 19.0 Å². The number of rotatable bonds is 1. The molecule has 1 atom stereocenters. The van der Waals surface area contributed by atoms with E-state index in [2.05, 4.69) is 0 Å². The number of aliphatic hydroxyl groups is 1. The Balaban J connectivity index is 2.47. The Labute approximate surface area is 87.4 Å². The minimum atomic E-state index is -0.847. The van der Waals surface area contributed by atoms with Crippen LogP contribution >= 0.6 is 0 Å². The molecule has 0 bridgehead atoms. The molecule has 1 aromatic rings. The van der Waals surface area contributed by atoms with Gasteiger partial charge in [-0.3, -0.25) is 0 Å². The molecular weight excluding hydrogens is 199 g/mol. The highest BCUT2D eigenvalue weighted by atomic mass is 19.1. The van der Waals surface area contributed by atoms with Crippen molar-refractivity contribution >= 4 is 0 Å². The van der Waals surface area contributed by atoms with Crippen LogP contribution in [0.5, 0.6) is 11.5 Å². The van der Waals surface area contributed by atoms with Crippen LogP contribution in [0.1, 0.15) is 32.4 Å². The molecule has 0 saturated carbocycles. The van der Waals surface area contributed by atoms with Crippen molar-refractivity contribution in [1.29, 1.82) is 0 Å². The molecule has 3 nitrogen and oxygen atoms in total. The summed E-state index contributed by atoms with van der Waals surface area (Å²) in [4.78, 5) is 0. The van der Waals surface area contributed by atoms with Crippen LogP contribution in [0.3, 0.4) is 0 Å². The number of benzene rings is 1. The van der Waals surface area contributed by atoms with Crippen molar-refractivity contribution in [3.8, 4) is 11.5 Å². The van der Waals surface area contributed by atoms with E-state index in [1.807, 2.05) is 0 Å². The van der Waals surface area contributed by atoms with E-state index < -0.39 is 17.7 Å². The Bertz CT molecular complexity index is 399. The zero-order valence-electron chi connectivity index (χ0n) is 8.87. The van der Waals surface area contributed by atoms with Crippen LogP contribution in [0.4, 0.5) is 4.39 Å². The summed E-state index contributed by atoms with van der Waals surface area (Å²) < 4.78 is 24.2. The highest BCUT2D eigenvalue weighted by molar-refractivity contribution is 5.47. The number of fused-ring (bicyclic) bond motifs is 1. The lowest BCUT2D eigenvalue weighted by atomic mass is 10.1. The first-order valence-corrected chi connectivity index (χ1v) is 4.78. The van der Waals surface area contributed by atoms with Crippen LogP contribution < -0.4 is 9.47 Å². The van der Waals surface area contributed by atoms with Crippen LogP contribution in [-0.4, -0.2) is 10.9 Å². The van der Waals surface area contributed by atoms with Gasteiger partial charge in [-0.25, -0.2) is 4.39 Å². The van der Waals surface area contributed by atoms with Crippen molar-refractivity contribution in [3.63, 3.8) is 0 Å². The van der Waals surface area contributed by atoms with Crippen molar-refractivity contribution in [1.82, 2.24) is 0 Å². The fourth-order valence-corrected chi connectivity index (χ4v) is 1.54. The van der Waals surface area contributed by atoms with Crippen LogP contribution in [0.15, 0.2) is 12.1 Å². The van der Waals surface area contributed by atoms with E-state index in [1.165, 1.54) is 6.07 Å². The van der Waals surface area contributed by atoms with Crippen LogP contribution in [-0.2, 0) is 0 Å². The van der Waals surface area contributed by atoms with Gasteiger partial charge >= 0.3 is 0 Å². The molecular formula is C11H13FO3. The molecule has 1 heterocycles. The van der Waals surface area contributed by atoms with E-state index in [4.69, 9.17) is 9.47 Å². The zero-order chi connectivity index (χ0) is 11.2. The maximum atomic E-state index is 13.5. The molecule has 4 heteroatoms. The molecule has 2 rings (SSSR count). The van der Waals surface area contributed by atoms with E-state index in [1.54, 1.807) is 26.8 Å². The lowest BCUT2D eigenvalue weighted by Crippen LogP contribution is -2.29. The Kier molecular flexibility index (Phi) is 2.12. The van der Waals surface area contributed by atoms with E-state index in [9.17, 15) is 9.50 Å². The number of ether oxygens (including phenoxy) is 2. The van der Waals surface area contributed by atoms with E-state index in [-0.39, 0.29) is 5.75 Å². The van der Waals surface area contributed by atoms with Crippen molar-refractivity contribution in [3.05, 3.63) is 23.5 Å². The number of hydrogen-bond donors (Lipinski definition) is 1. The molecule has 1 unspecified atom stereocenters. The maximum Gasteiger partial charge on any atom is 0.246 e. The van der Waals surface area contributed by atoms with Gasteiger partial charge in [0, 0.05) is 13.8 Å². The van der Waals surface area contributed by atoms with Gasteiger partial charge in [0.2, 0.25) is 11.5 Å². The summed E-state index contributed by atoms with van der Waals surface area (Å²) in [5.74, 6) is -0.894. The van der Waals surface area contributed by atoms with E-state index >= 15 is 0 Å². The zero-order valence-corrected chi connectivity index (χ0v) is 8.87. The molecule has 1 aliphatic heterocycles. The predicted molar refractivity (Wildman–Crippen MR) is 52.4 cm³/mol. The third kappa shape index (κ3) is 1.77. The van der Waals surface area contributed by atoms with Gasteiger partial charge in [0.1, 0.15) is 0 Å². The minimum absolute atomic E-state index is 0.115. The molecule has 0 aliphatic carbocycles. The van der Waals surface area contributed by atoms with Crippen molar-refractivity contribution in [2.75, 3.05) is 0 Å². The maximum absolute atomic E-state index is 13.5. The standard InChI is InChI=1S/C11H13FO3/c1-6(13)7-4-8(12)10-9(5-7)14-11(2,3)15-10/h4-6,13H,1-3H3. The first kappa shape index (κ1) is 10.2. The second-order valence-corrected chi connectivity index (χ2v) is 4.11. The monoisotopic (exact) mass is 212 g/mol. The smallest absolute Gasteiger partial charge is 0.246 e. The third-order valence-electron chi connectivity index (χ3n) is 2.22. The molecule has 0 spiro atoms. The number of hydrogen-bond acceptors (Lipinski definition) is 3. The average molecular weight is 212 g/mol. The molecule has 82 valence electrons. The molecule has 0 amide bonds. The summed E-state index contributed by atoms with van der Waals surface area (Å²) in [6, 6.07) is 2.85. The van der Waals surface area contributed by atoms with Gasteiger partial charge in [0.15, 0.2) is 11.6 Å². The predicted octanol–water partition coefficient (Wildman–Crippen LogP) is 2.39. The molecule has 1 N–H and O–H groups in total. The molecule has 0 radical (unpaired) electrons. The highest BCUT2D eigenvalue weighted by Crippen LogP contribution is 2.42. The molecule has 0 aromatic heterocycles. The third-order valence-corrected chi connectivity index (χ3v) is 2.22. The summed E-state index contributed by atoms with van der Waals surface area (Å²) in [6.45, 7) is 4.98. The summed E-state index contributed by atoms with van der Waals surface area (Å²) in [7, 11) is 0. The van der Waals surface area contributed by atoms with Crippen LogP contribution in [0.2, 0.25) is 0 Å². The molecule has 15 heavy (non-hydrogen) atoms. The molecule has 0 saturated heterocycles. The van der Waals surface area contributed by atoms with E-state index in [0.717, 1.165) is 0 Å². The number of aliphatic hydroxyl groups excluding tert-OH is 1. The van der Waals surface area contributed by atoms with Crippen molar-refractivity contribution in [2.45, 2.75) is 32.7 Å². The second kappa shape index (κ2) is 3.10. The Hall–Kier alpha value is -1.29. The van der Waals surface area contributed by atoms with Gasteiger partial charge in [0.25, 0.3) is 0 Å². The van der Waals surface area contributed by atoms with Gasteiger partial charge in [-0.1, -0.05) is 0 Å². The fourth-order valence-electron chi connectivity index (χ4n) is 1.54. The van der Waals surface area contributed by atoms with Gasteiger partial charge in [-0.05, 0) is 24.6 Å². The topological polar surface area (TPSA) is 38.7 Å². The van der Waals surface area contributed by atoms with E-state index in [0.29, 0.717) is 11.3 Å². The first-order chi connectivity index (χ1) is 6.89. The largest absolute Gasteiger partial charge is 0.449 e. The lowest BCUT2D eigenvalue weighted by Gasteiger charge is -2.16. The Morgan fingerprint density at radius 3 is 2.60 bits per heavy atom. The normalized spacial score (nSPS) is 19.0. The lowest BCUT2D eigenvalue weighted by molar-refractivity contribution is -0.0445. The minimum Gasteiger partial charge on any atom is -0.449 e. The highest BCUT2D eigenvalue weighted by Gasteiger charge is 2.34. The molecule has 1 aliphatic rings. The van der Waals surface area contributed by atoms with Gasteiger partial charge < -0.3 is 14.6 Å². The Morgan fingerprint density at radius 1 is 1.33 bits per heavy atom. The first-order valence-electron chi connectivity index (χ1n) is 4.78. The second-order valence-electron chi connectivity index (χ2n) is 4.11. The average Bonchev–Trinajstić information content (AvgIpc) is 2.39. The summed E-state index contributed by atoms with van der Waals surface area (Å²) in [5, 5.41) is 9.35. The molecule has 0 fully saturated rings. The molecule has 1 aromatic carbocycles. The quantitative estimate of drug-likeness (QED) is 0.776. The Morgan fingerprint density at radius 2 is 2.00 bits per heavy atom. The van der Waals surface area contributed by atoms with Gasteiger partial charge in [0.05, 0.1) is 6.10 Å². The van der Waals surface area contributed by atoms with Crippen LogP contribution in [0.25, 0.3) is 0 Å². The van der Waals surface area contributed by atoms with Gasteiger partial charge in [-0.2, -0.15) is 0 Å². The van der Waals surface area contributed by atoms with Gasteiger partial charge in [-0.15, -0.1) is 0 Å². The summed E-state index contributed by atoms with van der Waals surface area (Å²) >= 11 is 0. The number of halogens is 1. The van der Waals surface area contributed by atoms with Crippen LogP contribution in [0, 0.1) is 5.82 Å². The van der Waals surface area contributed by atoms with Crippen molar-refractivity contribution in [2.24, 2.45) is 0 Å². The SMILES string of the molecule is CC(O)c1cc(F)c2c(c1)OC(C)(C)O2. The fraction of sp³-hybridized carbons (Fsp3) is 0.455.